The number of anilines is 1. The molecule has 2 aromatic carbocycles. The molecule has 0 unspecified atom stereocenters. The number of nitrogens with zero attached hydrogens (tertiary/aromatic N) is 3. The summed E-state index contributed by atoms with van der Waals surface area (Å²) in [5.41, 5.74) is 1.69. The van der Waals surface area contributed by atoms with Crippen molar-refractivity contribution < 1.29 is 43.5 Å². The molecular weight excluding hydrogens is 462 g/mol. The zero-order valence-corrected chi connectivity index (χ0v) is 20.2. The van der Waals surface area contributed by atoms with Crippen LogP contribution in [0.5, 0.6) is 28.7 Å². The molecule has 0 spiro atoms. The predicted molar refractivity (Wildman–Crippen MR) is 126 cm³/mol. The Labute approximate surface area is 201 Å². The summed E-state index contributed by atoms with van der Waals surface area (Å²) in [6.07, 6.45) is 1.53. The molecule has 1 heterocycles. The monoisotopic (exact) mass is 489 g/mol. The molecular formula is C23H27N3O9. The van der Waals surface area contributed by atoms with Crippen LogP contribution in [0.3, 0.4) is 0 Å². The lowest BCUT2D eigenvalue weighted by molar-refractivity contribution is -0.159. The van der Waals surface area contributed by atoms with Crippen LogP contribution in [0.1, 0.15) is 5.56 Å². The van der Waals surface area contributed by atoms with Crippen molar-refractivity contribution in [3.63, 3.8) is 0 Å². The summed E-state index contributed by atoms with van der Waals surface area (Å²) in [7, 11) is 9.95. The molecule has 0 atom stereocenters. The molecule has 0 fully saturated rings. The topological polar surface area (TPSA) is 150 Å². The van der Waals surface area contributed by atoms with Gasteiger partial charge in [-0.25, -0.2) is 19.6 Å². The Balaban J connectivity index is 0.000000641. The molecule has 0 amide bonds. The number of carboxylic acid groups (broad SMARTS) is 2. The SMILES string of the molecule is COc1cc2ncnc(N(C)Cc3ccc(OC)c(OC)c3OC)c2cc1OC.O=C(O)C(=O)O. The second-order valence-electron chi connectivity index (χ2n) is 6.88. The van der Waals surface area contributed by atoms with E-state index in [2.05, 4.69) is 9.97 Å². The first-order chi connectivity index (χ1) is 16.7. The lowest BCUT2D eigenvalue weighted by atomic mass is 10.1. The van der Waals surface area contributed by atoms with Gasteiger partial charge in [-0.2, -0.15) is 0 Å². The zero-order valence-electron chi connectivity index (χ0n) is 20.2. The van der Waals surface area contributed by atoms with E-state index in [1.807, 2.05) is 36.2 Å². The molecule has 188 valence electrons. The first-order valence-electron chi connectivity index (χ1n) is 10.0. The van der Waals surface area contributed by atoms with Gasteiger partial charge in [0.2, 0.25) is 5.75 Å². The molecule has 0 saturated carbocycles. The lowest BCUT2D eigenvalue weighted by Crippen LogP contribution is -2.19. The van der Waals surface area contributed by atoms with Crippen molar-refractivity contribution in [2.75, 3.05) is 47.5 Å². The van der Waals surface area contributed by atoms with Crippen molar-refractivity contribution >= 4 is 28.7 Å². The summed E-state index contributed by atoms with van der Waals surface area (Å²) in [5, 5.41) is 15.6. The number of aliphatic carboxylic acids is 2. The molecule has 3 aromatic rings. The molecule has 3 rings (SSSR count). The van der Waals surface area contributed by atoms with Crippen LogP contribution in [0, 0.1) is 0 Å². The lowest BCUT2D eigenvalue weighted by Gasteiger charge is -2.23. The van der Waals surface area contributed by atoms with E-state index < -0.39 is 11.9 Å². The van der Waals surface area contributed by atoms with Crippen LogP contribution in [0.25, 0.3) is 10.9 Å². The maximum atomic E-state index is 9.10. The average molecular weight is 489 g/mol. The first-order valence-corrected chi connectivity index (χ1v) is 10.0. The van der Waals surface area contributed by atoms with E-state index in [0.29, 0.717) is 35.3 Å². The number of aromatic nitrogens is 2. The van der Waals surface area contributed by atoms with E-state index in [-0.39, 0.29) is 0 Å². The van der Waals surface area contributed by atoms with Crippen LogP contribution in [0.4, 0.5) is 5.82 Å². The predicted octanol–water partition coefficient (Wildman–Crippen LogP) is 2.46. The summed E-state index contributed by atoms with van der Waals surface area (Å²) in [6.45, 7) is 0.532. The van der Waals surface area contributed by atoms with Gasteiger partial charge in [0, 0.05) is 30.6 Å². The third kappa shape index (κ3) is 6.10. The van der Waals surface area contributed by atoms with Crippen molar-refractivity contribution in [3.8, 4) is 28.7 Å². The van der Waals surface area contributed by atoms with Crippen molar-refractivity contribution in [1.29, 1.82) is 0 Å². The van der Waals surface area contributed by atoms with Crippen molar-refractivity contribution in [2.45, 2.75) is 6.54 Å². The molecule has 0 aliphatic rings. The Morgan fingerprint density at radius 2 is 1.37 bits per heavy atom. The summed E-state index contributed by atoms with van der Waals surface area (Å²) in [4.78, 5) is 29.1. The molecule has 0 saturated heterocycles. The number of hydrogen-bond donors (Lipinski definition) is 2. The molecule has 0 aliphatic heterocycles. The number of methoxy groups -OCH3 is 5. The molecule has 1 aromatic heterocycles. The van der Waals surface area contributed by atoms with Crippen LogP contribution < -0.4 is 28.6 Å². The molecule has 35 heavy (non-hydrogen) atoms. The normalized spacial score (nSPS) is 10.0. The van der Waals surface area contributed by atoms with Crippen molar-refractivity contribution in [3.05, 3.63) is 36.2 Å². The molecule has 2 N–H and O–H groups in total. The summed E-state index contributed by atoms with van der Waals surface area (Å²) in [6, 6.07) is 7.52. The first kappa shape index (κ1) is 26.8. The highest BCUT2D eigenvalue weighted by molar-refractivity contribution is 6.27. The van der Waals surface area contributed by atoms with Gasteiger partial charge in [0.25, 0.3) is 0 Å². The third-order valence-corrected chi connectivity index (χ3v) is 4.86. The number of hydrogen-bond acceptors (Lipinski definition) is 10. The standard InChI is InChI=1S/C21H25N3O5.C2H2O4/c1-24(11-13-7-8-16(25-2)20(29-6)19(13)28-5)21-14-9-17(26-3)18(27-4)10-15(14)22-12-23-21;3-1(4)2(5)6/h7-10,12H,11H2,1-6H3;(H,3,4)(H,5,6). The number of fused-ring (bicyclic) bond motifs is 1. The fourth-order valence-electron chi connectivity index (χ4n) is 3.29. The second kappa shape index (κ2) is 12.1. The maximum Gasteiger partial charge on any atom is 0.414 e. The van der Waals surface area contributed by atoms with E-state index in [1.54, 1.807) is 35.5 Å². The van der Waals surface area contributed by atoms with Gasteiger partial charge in [-0.3, -0.25) is 0 Å². The third-order valence-electron chi connectivity index (χ3n) is 4.86. The molecule has 12 nitrogen and oxygen atoms in total. The Morgan fingerprint density at radius 1 is 0.800 bits per heavy atom. The van der Waals surface area contributed by atoms with Crippen LogP contribution >= 0.6 is 0 Å². The Bertz CT molecular complexity index is 1190. The van der Waals surface area contributed by atoms with Crippen LogP contribution in [-0.2, 0) is 16.1 Å². The molecule has 0 radical (unpaired) electrons. The Hall–Kier alpha value is -4.48. The average Bonchev–Trinajstić information content (AvgIpc) is 2.87. The van der Waals surface area contributed by atoms with Gasteiger partial charge in [-0.15, -0.1) is 0 Å². The van der Waals surface area contributed by atoms with Gasteiger partial charge >= 0.3 is 11.9 Å². The minimum Gasteiger partial charge on any atom is -0.493 e. The second-order valence-corrected chi connectivity index (χ2v) is 6.88. The maximum absolute atomic E-state index is 9.10. The van der Waals surface area contributed by atoms with Crippen LogP contribution in [0.2, 0.25) is 0 Å². The minimum atomic E-state index is -1.82. The number of carboxylic acids is 2. The highest BCUT2D eigenvalue weighted by atomic mass is 16.5. The van der Waals surface area contributed by atoms with Gasteiger partial charge in [0.05, 0.1) is 41.1 Å². The number of ether oxygens (including phenoxy) is 5. The quantitative estimate of drug-likeness (QED) is 0.447. The summed E-state index contributed by atoms with van der Waals surface area (Å²) < 4.78 is 27.3. The Morgan fingerprint density at radius 3 is 1.89 bits per heavy atom. The molecule has 12 heteroatoms. The van der Waals surface area contributed by atoms with Crippen molar-refractivity contribution in [1.82, 2.24) is 9.97 Å². The zero-order chi connectivity index (χ0) is 26.1. The fourth-order valence-corrected chi connectivity index (χ4v) is 3.29. The van der Waals surface area contributed by atoms with Gasteiger partial charge in [0.1, 0.15) is 12.1 Å². The highest BCUT2D eigenvalue weighted by Gasteiger charge is 2.19. The smallest absolute Gasteiger partial charge is 0.414 e. The minimum absolute atomic E-state index is 0.532. The molecule has 0 bridgehead atoms. The van der Waals surface area contributed by atoms with Crippen LogP contribution in [0.15, 0.2) is 30.6 Å². The summed E-state index contributed by atoms with van der Waals surface area (Å²) in [5.74, 6) is 0.135. The van der Waals surface area contributed by atoms with E-state index in [9.17, 15) is 0 Å². The van der Waals surface area contributed by atoms with Gasteiger partial charge in [0.15, 0.2) is 23.0 Å². The van der Waals surface area contributed by atoms with Gasteiger partial charge < -0.3 is 38.8 Å². The van der Waals surface area contributed by atoms with Gasteiger partial charge in [-0.05, 0) is 18.2 Å². The highest BCUT2D eigenvalue weighted by Crippen LogP contribution is 2.41. The van der Waals surface area contributed by atoms with E-state index in [1.165, 1.54) is 6.33 Å². The summed E-state index contributed by atoms with van der Waals surface area (Å²) >= 11 is 0. The van der Waals surface area contributed by atoms with Gasteiger partial charge in [-0.1, -0.05) is 0 Å². The van der Waals surface area contributed by atoms with E-state index >= 15 is 0 Å². The van der Waals surface area contributed by atoms with Crippen molar-refractivity contribution in [2.24, 2.45) is 0 Å². The largest absolute Gasteiger partial charge is 0.493 e. The fraction of sp³-hybridized carbons (Fsp3) is 0.304. The van der Waals surface area contributed by atoms with Crippen LogP contribution in [-0.4, -0.2) is 74.7 Å². The Kier molecular flexibility index (Phi) is 9.27. The number of benzene rings is 2. The van der Waals surface area contributed by atoms with E-state index in [0.717, 1.165) is 22.3 Å². The van der Waals surface area contributed by atoms with E-state index in [4.69, 9.17) is 43.5 Å². The molecule has 0 aliphatic carbocycles. The number of carbonyl (C=O) groups is 2. The number of rotatable bonds is 8.